The predicted molar refractivity (Wildman–Crippen MR) is 165 cm³/mol. The number of hydrogen-bond acceptors (Lipinski definition) is 6. The van der Waals surface area contributed by atoms with Gasteiger partial charge in [0.15, 0.2) is 6.10 Å². The minimum absolute atomic E-state index is 0.00410. The molecule has 2 fully saturated rings. The van der Waals surface area contributed by atoms with E-state index in [1.165, 1.54) is 9.80 Å². The molecule has 0 bridgehead atoms. The number of benzene rings is 2. The number of carbonyl (C=O) groups is 4. The lowest BCUT2D eigenvalue weighted by Gasteiger charge is -2.38. The van der Waals surface area contributed by atoms with Crippen LogP contribution in [0, 0.1) is 0 Å². The van der Waals surface area contributed by atoms with Crippen LogP contribution in [0.25, 0.3) is 0 Å². The van der Waals surface area contributed by atoms with Gasteiger partial charge in [0.05, 0.1) is 8.95 Å². The van der Waals surface area contributed by atoms with Gasteiger partial charge in [-0.1, -0.05) is 18.2 Å². The molecule has 11 nitrogen and oxygen atoms in total. The highest BCUT2D eigenvalue weighted by atomic mass is 79.9. The zero-order valence-electron chi connectivity index (χ0n) is 23.5. The lowest BCUT2D eigenvalue weighted by molar-refractivity contribution is -0.156. The molecule has 2 atom stereocenters. The molecule has 230 valence electrons. The number of piperidine rings is 2. The van der Waals surface area contributed by atoms with E-state index in [-0.39, 0.29) is 30.8 Å². The number of phenolic OH excluding ortho intramolecular Hbond substituents is 1. The fraction of sp³-hybridized carbons (Fsp3) is 0.467. The normalized spacial score (nSPS) is 20.1. The second-order valence-corrected chi connectivity index (χ2v) is 12.8. The second kappa shape index (κ2) is 13.5. The van der Waals surface area contributed by atoms with Gasteiger partial charge in [0.25, 0.3) is 5.91 Å². The molecule has 3 aliphatic rings. The first-order chi connectivity index (χ1) is 20.6. The molecule has 2 aromatic carbocycles. The molecular weight excluding hydrogens is 688 g/mol. The summed E-state index contributed by atoms with van der Waals surface area (Å²) in [6.07, 6.45) is 1.61. The summed E-state index contributed by atoms with van der Waals surface area (Å²) >= 11 is 6.59. The number of amides is 4. The maximum atomic E-state index is 13.7. The Hall–Kier alpha value is -3.32. The van der Waals surface area contributed by atoms with Crippen molar-refractivity contribution in [2.75, 3.05) is 31.5 Å². The fourth-order valence-corrected chi connectivity index (χ4v) is 7.34. The largest absolute Gasteiger partial charge is 0.506 e. The first-order valence-corrected chi connectivity index (χ1v) is 16.0. The molecule has 4 amide bonds. The smallest absolute Gasteiger partial charge is 0.410 e. The van der Waals surface area contributed by atoms with E-state index in [9.17, 15) is 29.4 Å². The number of anilines is 1. The minimum Gasteiger partial charge on any atom is -0.506 e. The number of carboxylic acids is 1. The van der Waals surface area contributed by atoms with Gasteiger partial charge in [-0.25, -0.2) is 14.4 Å². The molecule has 0 spiro atoms. The highest BCUT2D eigenvalue weighted by Crippen LogP contribution is 2.34. The molecule has 43 heavy (non-hydrogen) atoms. The van der Waals surface area contributed by atoms with Gasteiger partial charge in [0, 0.05) is 44.3 Å². The summed E-state index contributed by atoms with van der Waals surface area (Å²) in [6.45, 7) is 1.53. The van der Waals surface area contributed by atoms with Crippen molar-refractivity contribution in [3.8, 4) is 5.75 Å². The molecule has 3 aliphatic heterocycles. The minimum atomic E-state index is -1.26. The molecule has 0 radical (unpaired) electrons. The molecule has 1 unspecified atom stereocenters. The van der Waals surface area contributed by atoms with Crippen LogP contribution in [0.2, 0.25) is 0 Å². The number of nitrogens with zero attached hydrogens (tertiary/aromatic N) is 3. The van der Waals surface area contributed by atoms with E-state index >= 15 is 0 Å². The first-order valence-electron chi connectivity index (χ1n) is 14.4. The van der Waals surface area contributed by atoms with Gasteiger partial charge in [-0.05, 0) is 99.7 Å². The lowest BCUT2D eigenvalue weighted by atomic mass is 9.99. The number of carbonyl (C=O) groups excluding carboxylic acids is 3. The fourth-order valence-electron chi connectivity index (χ4n) is 6.06. The van der Waals surface area contributed by atoms with E-state index in [1.807, 2.05) is 29.2 Å². The van der Waals surface area contributed by atoms with Crippen molar-refractivity contribution in [2.24, 2.45) is 0 Å². The van der Waals surface area contributed by atoms with E-state index in [0.717, 1.165) is 17.7 Å². The van der Waals surface area contributed by atoms with Gasteiger partial charge in [-0.15, -0.1) is 0 Å². The number of para-hydroxylation sites is 1. The van der Waals surface area contributed by atoms with Crippen LogP contribution in [0.1, 0.15) is 43.2 Å². The monoisotopic (exact) mass is 720 g/mol. The van der Waals surface area contributed by atoms with Crippen LogP contribution >= 0.6 is 31.9 Å². The summed E-state index contributed by atoms with van der Waals surface area (Å²) < 4.78 is 6.63. The van der Waals surface area contributed by atoms with Crippen LogP contribution < -0.4 is 5.32 Å². The van der Waals surface area contributed by atoms with Gasteiger partial charge in [-0.2, -0.15) is 0 Å². The van der Waals surface area contributed by atoms with E-state index in [0.29, 0.717) is 66.2 Å². The number of nitrogens with one attached hydrogen (secondary N) is 1. The Kier molecular flexibility index (Phi) is 9.80. The van der Waals surface area contributed by atoms with E-state index < -0.39 is 30.1 Å². The molecule has 0 saturated carbocycles. The van der Waals surface area contributed by atoms with Crippen molar-refractivity contribution in [2.45, 2.75) is 63.1 Å². The van der Waals surface area contributed by atoms with Gasteiger partial charge in [-0.3, -0.25) is 4.79 Å². The van der Waals surface area contributed by atoms with Crippen molar-refractivity contribution in [3.05, 3.63) is 56.5 Å². The summed E-state index contributed by atoms with van der Waals surface area (Å²) in [7, 11) is 0. The molecule has 2 saturated heterocycles. The topological polar surface area (TPSA) is 140 Å². The zero-order valence-corrected chi connectivity index (χ0v) is 26.7. The molecule has 5 rings (SSSR count). The van der Waals surface area contributed by atoms with Crippen molar-refractivity contribution in [3.63, 3.8) is 0 Å². The molecule has 3 heterocycles. The summed E-state index contributed by atoms with van der Waals surface area (Å²) in [5, 5.41) is 22.9. The van der Waals surface area contributed by atoms with E-state index in [2.05, 4.69) is 37.2 Å². The van der Waals surface area contributed by atoms with Gasteiger partial charge in [0.2, 0.25) is 0 Å². The van der Waals surface area contributed by atoms with E-state index in [4.69, 9.17) is 4.74 Å². The molecule has 0 aromatic heterocycles. The Balaban J connectivity index is 1.27. The van der Waals surface area contributed by atoms with Crippen LogP contribution in [0.3, 0.4) is 0 Å². The van der Waals surface area contributed by atoms with Gasteiger partial charge >= 0.3 is 18.1 Å². The number of urea groups is 1. The predicted octanol–water partition coefficient (Wildman–Crippen LogP) is 4.99. The maximum Gasteiger partial charge on any atom is 0.410 e. The number of hydrogen-bond donors (Lipinski definition) is 3. The third-order valence-corrected chi connectivity index (χ3v) is 9.60. The number of rotatable bonds is 6. The standard InChI is InChI=1S/C30H34Br2N4O7/c31-21-15-18(16-22(32)26(21)37)17-25(27(38)36-11-4-3-7-24(36)28(39)40)43-30(42)34-12-9-20(10-13-34)35-14-8-19-5-1-2-6-23(19)33-29(35)41/h1-2,5-6,15-16,20,24-25,37H,3-4,7-14,17H2,(H,33,41)(H,39,40)/t24?,25-/m1/s1. The summed E-state index contributed by atoms with van der Waals surface area (Å²) in [5.74, 6) is -1.65. The van der Waals surface area contributed by atoms with Crippen LogP contribution in [0.4, 0.5) is 15.3 Å². The Morgan fingerprint density at radius 3 is 2.40 bits per heavy atom. The van der Waals surface area contributed by atoms with Crippen LogP contribution in [0.15, 0.2) is 45.3 Å². The number of ether oxygens (including phenoxy) is 1. The number of aromatic hydroxyl groups is 1. The molecule has 2 aromatic rings. The molecule has 13 heteroatoms. The Morgan fingerprint density at radius 1 is 1.00 bits per heavy atom. The number of aliphatic carboxylic acids is 1. The van der Waals surface area contributed by atoms with Crippen molar-refractivity contribution in [1.82, 2.24) is 14.7 Å². The lowest BCUT2D eigenvalue weighted by Crippen LogP contribution is -2.54. The number of likely N-dealkylation sites (tertiary alicyclic amines) is 2. The van der Waals surface area contributed by atoms with Crippen LogP contribution in [-0.2, 0) is 27.2 Å². The first kappa shape index (κ1) is 31.1. The maximum absolute atomic E-state index is 13.7. The van der Waals surface area contributed by atoms with Crippen LogP contribution in [-0.4, -0.2) is 93.3 Å². The number of halogens is 2. The number of fused-ring (bicyclic) bond motifs is 1. The quantitative estimate of drug-likeness (QED) is 0.382. The summed E-state index contributed by atoms with van der Waals surface area (Å²) in [4.78, 5) is 56.7. The zero-order chi connectivity index (χ0) is 30.7. The highest BCUT2D eigenvalue weighted by Gasteiger charge is 2.39. The van der Waals surface area contributed by atoms with Crippen molar-refractivity contribution >= 4 is 61.5 Å². The van der Waals surface area contributed by atoms with Crippen molar-refractivity contribution < 1.29 is 34.1 Å². The Labute approximate surface area is 266 Å². The second-order valence-electron chi connectivity index (χ2n) is 11.1. The summed E-state index contributed by atoms with van der Waals surface area (Å²) in [6, 6.07) is 9.83. The third-order valence-electron chi connectivity index (χ3n) is 8.39. The average Bonchev–Trinajstić information content (AvgIpc) is 3.17. The SMILES string of the molecule is O=C(O)C1CCCCN1C(=O)[C@@H](Cc1cc(Br)c(O)c(Br)c1)OC(=O)N1CCC(N2CCc3ccccc3NC2=O)CC1. The molecule has 0 aliphatic carbocycles. The summed E-state index contributed by atoms with van der Waals surface area (Å²) in [5.41, 5.74) is 2.51. The molecule has 3 N–H and O–H groups in total. The Bertz CT molecular complexity index is 1380. The molecular formula is C30H34Br2N4O7. The number of carboxylic acid groups (broad SMARTS) is 1. The average molecular weight is 722 g/mol. The van der Waals surface area contributed by atoms with Crippen LogP contribution in [0.5, 0.6) is 5.75 Å². The van der Waals surface area contributed by atoms with Gasteiger partial charge in [0.1, 0.15) is 11.8 Å². The van der Waals surface area contributed by atoms with Crippen molar-refractivity contribution in [1.29, 1.82) is 0 Å². The van der Waals surface area contributed by atoms with E-state index in [1.54, 1.807) is 12.1 Å². The Morgan fingerprint density at radius 2 is 1.70 bits per heavy atom. The highest BCUT2D eigenvalue weighted by molar-refractivity contribution is 9.11. The third kappa shape index (κ3) is 7.09. The van der Waals surface area contributed by atoms with Gasteiger partial charge < -0.3 is 35.0 Å². The number of phenols is 1.